The molecular weight excluding hydrogens is 434 g/mol. The molecule has 2 aromatic rings. The molecule has 0 aliphatic carbocycles. The fourth-order valence-electron chi connectivity index (χ4n) is 3.67. The van der Waals surface area contributed by atoms with Crippen molar-refractivity contribution in [2.75, 3.05) is 27.4 Å². The number of likely N-dealkylation sites (tertiary alicyclic amines) is 1. The lowest BCUT2D eigenvalue weighted by atomic mass is 9.95. The summed E-state index contributed by atoms with van der Waals surface area (Å²) in [5, 5.41) is 11.5. The van der Waals surface area contributed by atoms with Crippen LogP contribution in [0.1, 0.15) is 31.0 Å². The van der Waals surface area contributed by atoms with Crippen molar-refractivity contribution >= 4 is 29.1 Å². The zero-order valence-electron chi connectivity index (χ0n) is 18.4. The highest BCUT2D eigenvalue weighted by atomic mass is 35.5. The highest BCUT2D eigenvalue weighted by molar-refractivity contribution is 6.46. The molecule has 170 valence electrons. The third-order valence-corrected chi connectivity index (χ3v) is 5.46. The normalized spacial score (nSPS) is 17.8. The lowest BCUT2D eigenvalue weighted by molar-refractivity contribution is -0.140. The van der Waals surface area contributed by atoms with Gasteiger partial charge in [-0.15, -0.1) is 0 Å². The number of aliphatic hydroxyl groups excluding tert-OH is 1. The minimum atomic E-state index is -0.781. The van der Waals surface area contributed by atoms with Gasteiger partial charge in [0.05, 0.1) is 49.1 Å². The number of benzene rings is 2. The van der Waals surface area contributed by atoms with Crippen LogP contribution >= 0.6 is 11.6 Å². The molecule has 1 heterocycles. The van der Waals surface area contributed by atoms with Crippen molar-refractivity contribution in [1.82, 2.24) is 4.90 Å². The zero-order chi connectivity index (χ0) is 23.4. The predicted molar refractivity (Wildman–Crippen MR) is 121 cm³/mol. The van der Waals surface area contributed by atoms with E-state index in [0.29, 0.717) is 11.3 Å². The number of Topliss-reactive ketones (excluding diaryl/α,β-unsaturated/α-hetero) is 1. The second kappa shape index (κ2) is 10.1. The predicted octanol–water partition coefficient (Wildman–Crippen LogP) is 4.20. The van der Waals surface area contributed by atoms with E-state index in [1.807, 2.05) is 32.0 Å². The van der Waals surface area contributed by atoms with Gasteiger partial charge in [0.15, 0.2) is 0 Å². The Bertz CT molecular complexity index is 1030. The Morgan fingerprint density at radius 1 is 1.09 bits per heavy atom. The van der Waals surface area contributed by atoms with Gasteiger partial charge in [-0.2, -0.15) is 0 Å². The lowest BCUT2D eigenvalue weighted by Crippen LogP contribution is -2.33. The van der Waals surface area contributed by atoms with Gasteiger partial charge in [-0.25, -0.2) is 0 Å². The van der Waals surface area contributed by atoms with Crippen molar-refractivity contribution in [2.45, 2.75) is 26.0 Å². The fraction of sp³-hybridized carbons (Fsp3) is 0.333. The van der Waals surface area contributed by atoms with Crippen LogP contribution in [0.5, 0.6) is 11.5 Å². The van der Waals surface area contributed by atoms with Crippen molar-refractivity contribution in [3.8, 4) is 11.5 Å². The first-order valence-corrected chi connectivity index (χ1v) is 10.5. The van der Waals surface area contributed by atoms with E-state index < -0.39 is 17.7 Å². The molecule has 0 saturated carbocycles. The lowest BCUT2D eigenvalue weighted by Gasteiger charge is -2.25. The van der Waals surface area contributed by atoms with Gasteiger partial charge >= 0.3 is 0 Å². The topological polar surface area (TPSA) is 85.3 Å². The first-order valence-electron chi connectivity index (χ1n) is 10.2. The van der Waals surface area contributed by atoms with E-state index >= 15 is 0 Å². The molecule has 0 radical (unpaired) electrons. The number of halogens is 1. The maximum absolute atomic E-state index is 13.1. The number of hydrogen-bond acceptors (Lipinski definition) is 6. The van der Waals surface area contributed by atoms with Gasteiger partial charge in [-0.1, -0.05) is 41.9 Å². The second-order valence-electron chi connectivity index (χ2n) is 7.51. The summed E-state index contributed by atoms with van der Waals surface area (Å²) in [6.45, 7) is 4.23. The van der Waals surface area contributed by atoms with Crippen LogP contribution in [0.25, 0.3) is 5.76 Å². The third-order valence-electron chi connectivity index (χ3n) is 5.17. The summed E-state index contributed by atoms with van der Waals surface area (Å²) in [5.41, 5.74) is 0.859. The van der Waals surface area contributed by atoms with Crippen LogP contribution in [0, 0.1) is 0 Å². The van der Waals surface area contributed by atoms with Gasteiger partial charge in [-0.3, -0.25) is 9.59 Å². The first-order chi connectivity index (χ1) is 15.3. The number of amides is 1. The SMILES string of the molecule is COc1cc(/C(O)=C2\C(=O)C(=O)N(CCOC(C)C)C2c2ccccc2)c(OC)cc1Cl. The molecule has 1 atom stereocenters. The Labute approximate surface area is 192 Å². The molecule has 1 aliphatic rings. The van der Waals surface area contributed by atoms with Crippen molar-refractivity contribution < 1.29 is 28.9 Å². The molecule has 1 saturated heterocycles. The molecule has 8 heteroatoms. The number of ether oxygens (including phenoxy) is 3. The molecule has 1 fully saturated rings. The summed E-state index contributed by atoms with van der Waals surface area (Å²) in [7, 11) is 2.86. The van der Waals surface area contributed by atoms with Crippen molar-refractivity contribution in [2.24, 2.45) is 0 Å². The number of methoxy groups -OCH3 is 2. The standard InChI is InChI=1S/C24H26ClNO6/c1-14(2)32-11-10-26-21(15-8-6-5-7-9-15)20(23(28)24(26)29)22(27)16-12-19(31-4)17(25)13-18(16)30-3/h5-9,12-14,21,27H,10-11H2,1-4H3/b22-20+. The summed E-state index contributed by atoms with van der Waals surface area (Å²) in [5.74, 6) is -1.31. The number of aliphatic hydroxyl groups is 1. The van der Waals surface area contributed by atoms with E-state index in [9.17, 15) is 14.7 Å². The Morgan fingerprint density at radius 3 is 2.34 bits per heavy atom. The minimum Gasteiger partial charge on any atom is -0.507 e. The molecule has 1 N–H and O–H groups in total. The van der Waals surface area contributed by atoms with E-state index in [4.69, 9.17) is 25.8 Å². The molecule has 1 aliphatic heterocycles. The van der Waals surface area contributed by atoms with E-state index in [1.165, 1.54) is 31.3 Å². The van der Waals surface area contributed by atoms with E-state index in [0.717, 1.165) is 0 Å². The largest absolute Gasteiger partial charge is 0.507 e. The number of ketones is 1. The highest BCUT2D eigenvalue weighted by Gasteiger charge is 2.46. The van der Waals surface area contributed by atoms with E-state index in [2.05, 4.69) is 0 Å². The Kier molecular flexibility index (Phi) is 7.43. The summed E-state index contributed by atoms with van der Waals surface area (Å²) in [6.07, 6.45) is -0.0206. The highest BCUT2D eigenvalue weighted by Crippen LogP contribution is 2.42. The number of carbonyl (C=O) groups is 2. The molecule has 2 aromatic carbocycles. The molecule has 1 amide bonds. The van der Waals surface area contributed by atoms with Gasteiger partial charge in [0, 0.05) is 12.6 Å². The summed E-state index contributed by atoms with van der Waals surface area (Å²) < 4.78 is 16.2. The molecule has 0 aromatic heterocycles. The Morgan fingerprint density at radius 2 is 1.75 bits per heavy atom. The molecule has 32 heavy (non-hydrogen) atoms. The van der Waals surface area contributed by atoms with Crippen LogP contribution in [0.2, 0.25) is 5.02 Å². The molecule has 0 spiro atoms. The van der Waals surface area contributed by atoms with Crippen LogP contribution in [0.4, 0.5) is 0 Å². The number of carbonyl (C=O) groups excluding carboxylic acids is 2. The number of nitrogens with zero attached hydrogens (tertiary/aromatic N) is 1. The third kappa shape index (κ3) is 4.59. The molecule has 1 unspecified atom stereocenters. The zero-order valence-corrected chi connectivity index (χ0v) is 19.2. The summed E-state index contributed by atoms with van der Waals surface area (Å²) in [6, 6.07) is 11.3. The average Bonchev–Trinajstić information content (AvgIpc) is 3.03. The smallest absolute Gasteiger partial charge is 0.295 e. The average molecular weight is 460 g/mol. The van der Waals surface area contributed by atoms with E-state index in [-0.39, 0.29) is 46.9 Å². The van der Waals surface area contributed by atoms with Crippen LogP contribution < -0.4 is 9.47 Å². The van der Waals surface area contributed by atoms with Gasteiger partial charge in [0.2, 0.25) is 0 Å². The molecule has 0 bridgehead atoms. The fourth-order valence-corrected chi connectivity index (χ4v) is 3.90. The maximum atomic E-state index is 13.1. The van der Waals surface area contributed by atoms with Crippen molar-refractivity contribution in [3.05, 3.63) is 64.2 Å². The quantitative estimate of drug-likeness (QED) is 0.361. The maximum Gasteiger partial charge on any atom is 0.295 e. The second-order valence-corrected chi connectivity index (χ2v) is 7.92. The van der Waals surface area contributed by atoms with Crippen LogP contribution in [-0.4, -0.2) is 55.2 Å². The summed E-state index contributed by atoms with van der Waals surface area (Å²) in [4.78, 5) is 27.4. The number of rotatable bonds is 8. The Balaban J connectivity index is 2.17. The van der Waals surface area contributed by atoms with E-state index in [1.54, 1.807) is 12.1 Å². The van der Waals surface area contributed by atoms with Crippen LogP contribution in [-0.2, 0) is 14.3 Å². The van der Waals surface area contributed by atoms with Gasteiger partial charge in [0.1, 0.15) is 17.3 Å². The van der Waals surface area contributed by atoms with Gasteiger partial charge in [-0.05, 0) is 25.5 Å². The van der Waals surface area contributed by atoms with Gasteiger partial charge < -0.3 is 24.2 Å². The molecular formula is C24H26ClNO6. The molecule has 3 rings (SSSR count). The monoisotopic (exact) mass is 459 g/mol. The van der Waals surface area contributed by atoms with Crippen molar-refractivity contribution in [1.29, 1.82) is 0 Å². The first kappa shape index (κ1) is 23.6. The summed E-state index contributed by atoms with van der Waals surface area (Å²) >= 11 is 6.18. The Hall–Kier alpha value is -3.03. The number of hydrogen-bond donors (Lipinski definition) is 1. The van der Waals surface area contributed by atoms with Gasteiger partial charge in [0.25, 0.3) is 11.7 Å². The molecule has 7 nitrogen and oxygen atoms in total. The van der Waals surface area contributed by atoms with Crippen LogP contribution in [0.15, 0.2) is 48.0 Å². The van der Waals surface area contributed by atoms with Crippen molar-refractivity contribution in [3.63, 3.8) is 0 Å². The minimum absolute atomic E-state index is 0.0206. The van der Waals surface area contributed by atoms with Crippen LogP contribution in [0.3, 0.4) is 0 Å².